The molecule has 0 atom stereocenters. The molecule has 0 bridgehead atoms. The molecule has 2 aromatic rings. The Morgan fingerprint density at radius 1 is 1.15 bits per heavy atom. The second-order valence-electron chi connectivity index (χ2n) is 3.88. The van der Waals surface area contributed by atoms with Crippen molar-refractivity contribution < 1.29 is 4.74 Å². The highest BCUT2D eigenvalue weighted by molar-refractivity contribution is 7.99. The molecule has 20 heavy (non-hydrogen) atoms. The lowest BCUT2D eigenvalue weighted by atomic mass is 10.2. The molecule has 2 aromatic carbocycles. The first-order valence-corrected chi connectivity index (χ1v) is 7.64. The first kappa shape index (κ1) is 15.1. The summed E-state index contributed by atoms with van der Waals surface area (Å²) in [6.07, 6.45) is 0. The minimum atomic E-state index is 0.492. The van der Waals surface area contributed by atoms with E-state index in [0.29, 0.717) is 28.0 Å². The number of rotatable bonds is 5. The molecule has 0 amide bonds. The van der Waals surface area contributed by atoms with Crippen LogP contribution in [-0.2, 0) is 0 Å². The Labute approximate surface area is 132 Å². The summed E-state index contributed by atoms with van der Waals surface area (Å²) in [7, 11) is 0. The Kier molecular flexibility index (Phi) is 5.60. The molecule has 0 aliphatic heterocycles. The smallest absolute Gasteiger partial charge is 0.137 e. The van der Waals surface area contributed by atoms with E-state index in [1.807, 2.05) is 18.2 Å². The van der Waals surface area contributed by atoms with Crippen molar-refractivity contribution in [3.63, 3.8) is 0 Å². The van der Waals surface area contributed by atoms with Crippen molar-refractivity contribution in [1.82, 2.24) is 0 Å². The first-order chi connectivity index (χ1) is 9.70. The van der Waals surface area contributed by atoms with Crippen molar-refractivity contribution in [2.75, 3.05) is 12.4 Å². The number of halogens is 2. The fourth-order valence-electron chi connectivity index (χ4n) is 1.58. The number of hydrogen-bond acceptors (Lipinski definition) is 3. The van der Waals surface area contributed by atoms with E-state index in [1.165, 1.54) is 0 Å². The summed E-state index contributed by atoms with van der Waals surface area (Å²) >= 11 is 13.6. The lowest BCUT2D eigenvalue weighted by Crippen LogP contribution is -2.01. The molecular formula is C15H11Cl2NOS. The topological polar surface area (TPSA) is 33.0 Å². The Hall–Kier alpha value is -1.34. The van der Waals surface area contributed by atoms with Crippen molar-refractivity contribution in [3.8, 4) is 11.8 Å². The maximum atomic E-state index is 8.95. The van der Waals surface area contributed by atoms with Crippen molar-refractivity contribution in [3.05, 3.63) is 58.1 Å². The third-order valence-corrected chi connectivity index (χ3v) is 4.20. The zero-order valence-corrected chi connectivity index (χ0v) is 12.8. The zero-order valence-electron chi connectivity index (χ0n) is 10.5. The molecule has 0 heterocycles. The molecule has 2 nitrogen and oxygen atoms in total. The number of nitrogens with zero attached hydrogens (tertiary/aromatic N) is 1. The van der Waals surface area contributed by atoms with Crippen LogP contribution in [0.15, 0.2) is 47.4 Å². The Balaban J connectivity index is 1.88. The van der Waals surface area contributed by atoms with E-state index in [4.69, 9.17) is 33.2 Å². The molecule has 0 aliphatic rings. The van der Waals surface area contributed by atoms with Crippen LogP contribution in [0.1, 0.15) is 5.56 Å². The maximum Gasteiger partial charge on any atom is 0.137 e. The molecule has 0 fully saturated rings. The highest BCUT2D eigenvalue weighted by atomic mass is 35.5. The van der Waals surface area contributed by atoms with Crippen LogP contribution in [0, 0.1) is 11.3 Å². The predicted octanol–water partition coefficient (Wildman–Crippen LogP) is 5.04. The van der Waals surface area contributed by atoms with Crippen LogP contribution in [0.3, 0.4) is 0 Å². The summed E-state index contributed by atoms with van der Waals surface area (Å²) in [5, 5.41) is 10.3. The van der Waals surface area contributed by atoms with E-state index in [1.54, 1.807) is 36.0 Å². The van der Waals surface area contributed by atoms with Crippen LogP contribution in [0.4, 0.5) is 0 Å². The summed E-state index contributed by atoms with van der Waals surface area (Å²) in [6.45, 7) is 0.492. The highest BCUT2D eigenvalue weighted by Crippen LogP contribution is 2.29. The monoisotopic (exact) mass is 323 g/mol. The van der Waals surface area contributed by atoms with Crippen LogP contribution in [0.2, 0.25) is 10.0 Å². The molecule has 0 aliphatic carbocycles. The van der Waals surface area contributed by atoms with Gasteiger partial charge in [0.2, 0.25) is 0 Å². The molecule has 0 N–H and O–H groups in total. The van der Waals surface area contributed by atoms with E-state index in [-0.39, 0.29) is 0 Å². The largest absolute Gasteiger partial charge is 0.491 e. The van der Waals surface area contributed by atoms with Crippen molar-refractivity contribution >= 4 is 35.0 Å². The van der Waals surface area contributed by atoms with Gasteiger partial charge in [0.15, 0.2) is 0 Å². The van der Waals surface area contributed by atoms with E-state index in [9.17, 15) is 0 Å². The van der Waals surface area contributed by atoms with Crippen molar-refractivity contribution in [2.45, 2.75) is 4.90 Å². The van der Waals surface area contributed by atoms with Gasteiger partial charge >= 0.3 is 0 Å². The van der Waals surface area contributed by atoms with Gasteiger partial charge in [0.05, 0.1) is 17.2 Å². The van der Waals surface area contributed by atoms with Gasteiger partial charge in [0, 0.05) is 15.7 Å². The fraction of sp³-hybridized carbons (Fsp3) is 0.133. The molecule has 2 rings (SSSR count). The number of para-hydroxylation sites is 1. The molecule has 0 spiro atoms. The van der Waals surface area contributed by atoms with Gasteiger partial charge in [-0.2, -0.15) is 5.26 Å². The summed E-state index contributed by atoms with van der Waals surface area (Å²) in [6, 6.07) is 14.6. The second-order valence-corrected chi connectivity index (χ2v) is 5.86. The Bertz CT molecular complexity index is 640. The maximum absolute atomic E-state index is 8.95. The number of benzene rings is 2. The SMILES string of the molecule is N#Cc1ccccc1OCCSc1cc(Cl)ccc1Cl. The van der Waals surface area contributed by atoms with Crippen LogP contribution >= 0.6 is 35.0 Å². The molecule has 0 radical (unpaired) electrons. The Morgan fingerprint density at radius 3 is 2.75 bits per heavy atom. The van der Waals surface area contributed by atoms with Gasteiger partial charge in [-0.05, 0) is 30.3 Å². The molecule has 0 saturated heterocycles. The Morgan fingerprint density at radius 2 is 1.95 bits per heavy atom. The summed E-state index contributed by atoms with van der Waals surface area (Å²) in [5.41, 5.74) is 0.540. The third kappa shape index (κ3) is 4.08. The average molecular weight is 324 g/mol. The third-order valence-electron chi connectivity index (χ3n) is 2.50. The minimum absolute atomic E-state index is 0.492. The quantitative estimate of drug-likeness (QED) is 0.571. The van der Waals surface area contributed by atoms with Gasteiger partial charge in [-0.1, -0.05) is 35.3 Å². The lowest BCUT2D eigenvalue weighted by molar-refractivity contribution is 0.343. The lowest BCUT2D eigenvalue weighted by Gasteiger charge is -2.08. The van der Waals surface area contributed by atoms with E-state index in [0.717, 1.165) is 10.6 Å². The van der Waals surface area contributed by atoms with Gasteiger partial charge in [0.1, 0.15) is 11.8 Å². The van der Waals surface area contributed by atoms with Crippen molar-refractivity contribution in [1.29, 1.82) is 5.26 Å². The standard InChI is InChI=1S/C15H11Cl2NOS/c16-12-5-6-13(17)15(9-12)20-8-7-19-14-4-2-1-3-11(14)10-18/h1-6,9H,7-8H2. The number of ether oxygens (including phenoxy) is 1. The number of thioether (sulfide) groups is 1. The summed E-state index contributed by atoms with van der Waals surface area (Å²) in [4.78, 5) is 0.927. The second kappa shape index (κ2) is 7.44. The van der Waals surface area contributed by atoms with E-state index in [2.05, 4.69) is 6.07 Å². The zero-order chi connectivity index (χ0) is 14.4. The van der Waals surface area contributed by atoms with Crippen LogP contribution < -0.4 is 4.74 Å². The van der Waals surface area contributed by atoms with Gasteiger partial charge in [-0.15, -0.1) is 11.8 Å². The molecule has 0 saturated carbocycles. The van der Waals surface area contributed by atoms with Crippen LogP contribution in [0.25, 0.3) is 0 Å². The fourth-order valence-corrected chi connectivity index (χ4v) is 2.90. The van der Waals surface area contributed by atoms with E-state index >= 15 is 0 Å². The first-order valence-electron chi connectivity index (χ1n) is 5.90. The predicted molar refractivity (Wildman–Crippen MR) is 83.8 cm³/mol. The van der Waals surface area contributed by atoms with Gasteiger partial charge in [-0.25, -0.2) is 0 Å². The average Bonchev–Trinajstić information content (AvgIpc) is 2.47. The van der Waals surface area contributed by atoms with Gasteiger partial charge in [0.25, 0.3) is 0 Å². The highest BCUT2D eigenvalue weighted by Gasteiger charge is 2.04. The van der Waals surface area contributed by atoms with Crippen molar-refractivity contribution in [2.24, 2.45) is 0 Å². The van der Waals surface area contributed by atoms with Gasteiger partial charge in [-0.3, -0.25) is 0 Å². The molecular weight excluding hydrogens is 313 g/mol. The number of nitriles is 1. The van der Waals surface area contributed by atoms with Crippen LogP contribution in [0.5, 0.6) is 5.75 Å². The van der Waals surface area contributed by atoms with Crippen LogP contribution in [-0.4, -0.2) is 12.4 Å². The minimum Gasteiger partial charge on any atom is -0.491 e. The molecule has 0 aromatic heterocycles. The summed E-state index contributed by atoms with van der Waals surface area (Å²) < 4.78 is 5.60. The van der Waals surface area contributed by atoms with E-state index < -0.39 is 0 Å². The number of hydrogen-bond donors (Lipinski definition) is 0. The summed E-state index contributed by atoms with van der Waals surface area (Å²) in [5.74, 6) is 1.33. The molecule has 0 unspecified atom stereocenters. The molecule has 5 heteroatoms. The molecule has 102 valence electrons. The normalized spacial score (nSPS) is 10.1. The van der Waals surface area contributed by atoms with Gasteiger partial charge < -0.3 is 4.74 Å².